The summed E-state index contributed by atoms with van der Waals surface area (Å²) in [6.45, 7) is 5.73. The van der Waals surface area contributed by atoms with Crippen molar-refractivity contribution >= 4 is 11.4 Å². The van der Waals surface area contributed by atoms with Crippen molar-refractivity contribution in [2.24, 2.45) is 0 Å². The van der Waals surface area contributed by atoms with Gasteiger partial charge in [0.05, 0.1) is 30.1 Å². The van der Waals surface area contributed by atoms with Crippen molar-refractivity contribution in [3.05, 3.63) is 17.9 Å². The molecule has 0 aliphatic carbocycles. The van der Waals surface area contributed by atoms with Crippen LogP contribution in [-0.2, 0) is 0 Å². The van der Waals surface area contributed by atoms with Crippen molar-refractivity contribution in [1.82, 2.24) is 0 Å². The lowest BCUT2D eigenvalue weighted by Crippen LogP contribution is -2.35. The third kappa shape index (κ3) is 3.49. The maximum absolute atomic E-state index is 13.5. The minimum atomic E-state index is -0.532. The molecule has 0 aromatic heterocycles. The average molecular weight is 242 g/mol. The third-order valence-electron chi connectivity index (χ3n) is 2.27. The van der Waals surface area contributed by atoms with Crippen molar-refractivity contribution in [2.45, 2.75) is 26.3 Å². The second-order valence-corrected chi connectivity index (χ2v) is 4.47. The van der Waals surface area contributed by atoms with Crippen LogP contribution >= 0.6 is 0 Å². The number of benzene rings is 1. The molecule has 0 spiro atoms. The topological polar surface area (TPSA) is 67.5 Å². The van der Waals surface area contributed by atoms with Crippen LogP contribution in [0.4, 0.5) is 15.8 Å². The predicted molar refractivity (Wildman–Crippen MR) is 66.8 cm³/mol. The molecule has 0 aliphatic heterocycles. The molecule has 0 saturated heterocycles. The molecule has 0 heterocycles. The summed E-state index contributed by atoms with van der Waals surface area (Å²) in [7, 11) is 0. The number of nitrogens with two attached hydrogens (primary N) is 1. The second kappa shape index (κ2) is 5.23. The number of nitrogens with one attached hydrogen (secondary N) is 1. The van der Waals surface area contributed by atoms with Crippen LogP contribution in [0.15, 0.2) is 12.1 Å². The molecular formula is C12H19FN2O2. The van der Waals surface area contributed by atoms with Gasteiger partial charge in [-0.15, -0.1) is 0 Å². The fourth-order valence-corrected chi connectivity index (χ4v) is 1.35. The van der Waals surface area contributed by atoms with Gasteiger partial charge in [-0.05, 0) is 20.8 Å². The summed E-state index contributed by atoms with van der Waals surface area (Å²) in [4.78, 5) is 0. The quantitative estimate of drug-likeness (QED) is 0.691. The molecule has 0 aliphatic rings. The lowest BCUT2D eigenvalue weighted by molar-refractivity contribution is 0.234. The van der Waals surface area contributed by atoms with Crippen LogP contribution in [0.5, 0.6) is 5.75 Å². The van der Waals surface area contributed by atoms with E-state index in [1.165, 1.54) is 12.1 Å². The molecule has 0 amide bonds. The van der Waals surface area contributed by atoms with E-state index in [1.54, 1.807) is 6.92 Å². The molecule has 4 nitrogen and oxygen atoms in total. The van der Waals surface area contributed by atoms with Gasteiger partial charge in [-0.25, -0.2) is 4.39 Å². The molecule has 0 unspecified atom stereocenters. The predicted octanol–water partition coefficient (Wildman–Crippen LogP) is 1.99. The molecule has 0 saturated carbocycles. The van der Waals surface area contributed by atoms with E-state index in [2.05, 4.69) is 5.32 Å². The molecule has 5 heteroatoms. The first-order valence-electron chi connectivity index (χ1n) is 5.50. The van der Waals surface area contributed by atoms with Gasteiger partial charge in [-0.3, -0.25) is 0 Å². The highest BCUT2D eigenvalue weighted by molar-refractivity contribution is 5.69. The zero-order chi connectivity index (χ0) is 13.1. The summed E-state index contributed by atoms with van der Waals surface area (Å²) in [5, 5.41) is 12.2. The summed E-state index contributed by atoms with van der Waals surface area (Å²) in [6, 6.07) is 2.71. The van der Waals surface area contributed by atoms with Crippen LogP contribution in [0.1, 0.15) is 20.8 Å². The van der Waals surface area contributed by atoms with Gasteiger partial charge in [0, 0.05) is 12.1 Å². The van der Waals surface area contributed by atoms with E-state index < -0.39 is 11.4 Å². The zero-order valence-electron chi connectivity index (χ0n) is 10.4. The highest BCUT2D eigenvalue weighted by Gasteiger charge is 2.18. The minimum absolute atomic E-state index is 0.0617. The summed E-state index contributed by atoms with van der Waals surface area (Å²) < 4.78 is 18.6. The van der Waals surface area contributed by atoms with Crippen molar-refractivity contribution < 1.29 is 14.2 Å². The van der Waals surface area contributed by atoms with E-state index in [0.717, 1.165) is 0 Å². The summed E-state index contributed by atoms with van der Waals surface area (Å²) in [6.07, 6.45) is 0. The van der Waals surface area contributed by atoms with Gasteiger partial charge in [-0.1, -0.05) is 0 Å². The standard InChI is InChI=1S/C12H19FN2O2/c1-4-17-11-6-10(9(14)5-8(11)13)15-12(2,3)7-16/h5-6,15-16H,4,7,14H2,1-3H3. The van der Waals surface area contributed by atoms with Crippen LogP contribution in [0, 0.1) is 5.82 Å². The maximum atomic E-state index is 13.5. The largest absolute Gasteiger partial charge is 0.491 e. The third-order valence-corrected chi connectivity index (χ3v) is 2.27. The van der Waals surface area contributed by atoms with Gasteiger partial charge in [0.1, 0.15) is 0 Å². The van der Waals surface area contributed by atoms with Crippen molar-refractivity contribution in [1.29, 1.82) is 0 Å². The summed E-state index contributed by atoms with van der Waals surface area (Å²) in [5.74, 6) is -0.338. The van der Waals surface area contributed by atoms with Crippen LogP contribution in [0.3, 0.4) is 0 Å². The van der Waals surface area contributed by atoms with Crippen LogP contribution in [0.2, 0.25) is 0 Å². The monoisotopic (exact) mass is 242 g/mol. The number of hydrogen-bond acceptors (Lipinski definition) is 4. The first-order chi connectivity index (χ1) is 7.89. The molecule has 0 atom stereocenters. The Bertz CT molecular complexity index is 394. The lowest BCUT2D eigenvalue weighted by Gasteiger charge is -2.26. The van der Waals surface area contributed by atoms with E-state index in [1.807, 2.05) is 13.8 Å². The van der Waals surface area contributed by atoms with Gasteiger partial charge < -0.3 is 20.9 Å². The molecule has 17 heavy (non-hydrogen) atoms. The lowest BCUT2D eigenvalue weighted by atomic mass is 10.1. The van der Waals surface area contributed by atoms with E-state index in [9.17, 15) is 4.39 Å². The second-order valence-electron chi connectivity index (χ2n) is 4.47. The Balaban J connectivity index is 3.03. The van der Waals surface area contributed by atoms with Gasteiger partial charge >= 0.3 is 0 Å². The van der Waals surface area contributed by atoms with E-state index in [-0.39, 0.29) is 18.0 Å². The van der Waals surface area contributed by atoms with E-state index in [0.29, 0.717) is 12.3 Å². The number of nitrogen functional groups attached to an aromatic ring is 1. The van der Waals surface area contributed by atoms with Gasteiger partial charge in [0.25, 0.3) is 0 Å². The van der Waals surface area contributed by atoms with Crippen LogP contribution in [0.25, 0.3) is 0 Å². The van der Waals surface area contributed by atoms with Crippen LogP contribution in [-0.4, -0.2) is 23.9 Å². The number of halogens is 1. The smallest absolute Gasteiger partial charge is 0.167 e. The molecule has 1 aromatic carbocycles. The van der Waals surface area contributed by atoms with Crippen molar-refractivity contribution in [3.8, 4) is 5.75 Å². The Hall–Kier alpha value is -1.49. The van der Waals surface area contributed by atoms with E-state index in [4.69, 9.17) is 15.6 Å². The Morgan fingerprint density at radius 3 is 2.65 bits per heavy atom. The zero-order valence-corrected chi connectivity index (χ0v) is 10.4. The number of aliphatic hydroxyl groups is 1. The average Bonchev–Trinajstić information content (AvgIpc) is 2.25. The fourth-order valence-electron chi connectivity index (χ4n) is 1.35. The molecule has 1 aromatic rings. The summed E-state index contributed by atoms with van der Waals surface area (Å²) in [5.41, 5.74) is 6.01. The van der Waals surface area contributed by atoms with Crippen LogP contribution < -0.4 is 15.8 Å². The van der Waals surface area contributed by atoms with Gasteiger partial charge in [0.15, 0.2) is 11.6 Å². The van der Waals surface area contributed by atoms with Gasteiger partial charge in [-0.2, -0.15) is 0 Å². The Labute approximate surface area is 101 Å². The Morgan fingerprint density at radius 2 is 2.12 bits per heavy atom. The first-order valence-corrected chi connectivity index (χ1v) is 5.50. The first kappa shape index (κ1) is 13.6. The highest BCUT2D eigenvalue weighted by atomic mass is 19.1. The fraction of sp³-hybridized carbons (Fsp3) is 0.500. The molecule has 1 rings (SSSR count). The highest BCUT2D eigenvalue weighted by Crippen LogP contribution is 2.30. The Kier molecular flexibility index (Phi) is 4.17. The maximum Gasteiger partial charge on any atom is 0.167 e. The number of aliphatic hydroxyl groups excluding tert-OH is 1. The molecule has 0 fully saturated rings. The molecule has 4 N–H and O–H groups in total. The normalized spacial score (nSPS) is 11.4. The van der Waals surface area contributed by atoms with Crippen molar-refractivity contribution in [3.63, 3.8) is 0 Å². The van der Waals surface area contributed by atoms with E-state index >= 15 is 0 Å². The molecule has 0 radical (unpaired) electrons. The number of ether oxygens (including phenoxy) is 1. The Morgan fingerprint density at radius 1 is 1.47 bits per heavy atom. The number of rotatable bonds is 5. The molecule has 0 bridgehead atoms. The molecular weight excluding hydrogens is 223 g/mol. The minimum Gasteiger partial charge on any atom is -0.491 e. The number of hydrogen-bond donors (Lipinski definition) is 3. The molecule has 96 valence electrons. The number of anilines is 2. The van der Waals surface area contributed by atoms with Crippen molar-refractivity contribution in [2.75, 3.05) is 24.3 Å². The summed E-state index contributed by atoms with van der Waals surface area (Å²) >= 11 is 0. The van der Waals surface area contributed by atoms with Gasteiger partial charge in [0.2, 0.25) is 0 Å². The SMILES string of the molecule is CCOc1cc(NC(C)(C)CO)c(N)cc1F.